The molecule has 1 N–H and O–H groups in total. The van der Waals surface area contributed by atoms with Crippen molar-refractivity contribution in [2.75, 3.05) is 5.32 Å². The molecule has 1 aromatic heterocycles. The molecule has 1 aromatic carbocycles. The molecule has 2 aromatic rings. The number of benzene rings is 1. The van der Waals surface area contributed by atoms with E-state index >= 15 is 0 Å². The van der Waals surface area contributed by atoms with Crippen LogP contribution in [0.2, 0.25) is 0 Å². The summed E-state index contributed by atoms with van der Waals surface area (Å²) in [6.07, 6.45) is 0.393. The number of hydrogen-bond acceptors (Lipinski definition) is 3. The Kier molecular flexibility index (Phi) is 4.00. The number of anilines is 1. The molecule has 1 heterocycles. The van der Waals surface area contributed by atoms with E-state index in [9.17, 15) is 4.79 Å². The number of nitrogens with one attached hydrogen (secondary N) is 1. The lowest BCUT2D eigenvalue weighted by Gasteiger charge is -2.07. The summed E-state index contributed by atoms with van der Waals surface area (Å²) >= 11 is 1.59. The third-order valence-electron chi connectivity index (χ3n) is 3.11. The van der Waals surface area contributed by atoms with Gasteiger partial charge in [0.1, 0.15) is 0 Å². The van der Waals surface area contributed by atoms with Gasteiger partial charge >= 0.3 is 0 Å². The number of aromatic nitrogens is 1. The Hall–Kier alpha value is -1.68. The van der Waals surface area contributed by atoms with E-state index in [1.54, 1.807) is 11.3 Å². The molecule has 2 rings (SSSR count). The second kappa shape index (κ2) is 5.53. The van der Waals surface area contributed by atoms with Crippen molar-refractivity contribution in [3.63, 3.8) is 0 Å². The number of aryl methyl sites for hydroxylation is 4. The molecule has 0 unspecified atom stereocenters. The first-order chi connectivity index (χ1) is 8.95. The number of carbonyl (C=O) groups is 1. The molecule has 0 saturated heterocycles. The number of hydrogen-bond donors (Lipinski definition) is 1. The smallest absolute Gasteiger partial charge is 0.229 e. The van der Waals surface area contributed by atoms with Crippen molar-refractivity contribution in [3.8, 4) is 0 Å². The molecule has 0 aliphatic heterocycles. The second-order valence-corrected chi connectivity index (χ2v) is 6.05. The number of amides is 1. The monoisotopic (exact) mass is 274 g/mol. The van der Waals surface area contributed by atoms with E-state index in [0.29, 0.717) is 6.42 Å². The molecular formula is C15H18N2OS. The maximum Gasteiger partial charge on any atom is 0.229 e. The Morgan fingerprint density at radius 1 is 1.21 bits per heavy atom. The van der Waals surface area contributed by atoms with Gasteiger partial charge in [0.2, 0.25) is 5.91 Å². The van der Waals surface area contributed by atoms with E-state index in [2.05, 4.69) is 17.2 Å². The average Bonchev–Trinajstić information content (AvgIpc) is 2.62. The Morgan fingerprint density at radius 2 is 1.95 bits per heavy atom. The molecule has 0 aliphatic carbocycles. The predicted octanol–water partition coefficient (Wildman–Crippen LogP) is 3.56. The van der Waals surface area contributed by atoms with Gasteiger partial charge in [0.25, 0.3) is 0 Å². The summed E-state index contributed by atoms with van der Waals surface area (Å²) in [5.41, 5.74) is 4.22. The van der Waals surface area contributed by atoms with Crippen LogP contribution in [0.1, 0.15) is 26.7 Å². The first-order valence-corrected chi connectivity index (χ1v) is 7.07. The van der Waals surface area contributed by atoms with Crippen LogP contribution in [0, 0.1) is 27.7 Å². The summed E-state index contributed by atoms with van der Waals surface area (Å²) < 4.78 is 0. The molecule has 1 amide bonds. The van der Waals surface area contributed by atoms with Gasteiger partial charge in [-0.05, 0) is 51.0 Å². The molecule has 0 aliphatic rings. The molecule has 0 atom stereocenters. The molecule has 4 heteroatoms. The first-order valence-electron chi connectivity index (χ1n) is 6.25. The van der Waals surface area contributed by atoms with E-state index in [-0.39, 0.29) is 5.91 Å². The Morgan fingerprint density at radius 3 is 2.53 bits per heavy atom. The van der Waals surface area contributed by atoms with Gasteiger partial charge in [-0.15, -0.1) is 11.3 Å². The molecule has 0 spiro atoms. The number of nitrogens with zero attached hydrogens (tertiary/aromatic N) is 1. The third-order valence-corrected chi connectivity index (χ3v) is 4.18. The summed E-state index contributed by atoms with van der Waals surface area (Å²) in [7, 11) is 0. The molecule has 0 fully saturated rings. The molecule has 0 radical (unpaired) electrons. The van der Waals surface area contributed by atoms with Crippen molar-refractivity contribution >= 4 is 22.9 Å². The molecular weight excluding hydrogens is 256 g/mol. The molecule has 3 nitrogen and oxygen atoms in total. The van der Waals surface area contributed by atoms with Crippen molar-refractivity contribution in [2.45, 2.75) is 34.1 Å². The Labute approximate surface area is 117 Å². The van der Waals surface area contributed by atoms with Crippen LogP contribution >= 0.6 is 11.3 Å². The number of rotatable bonds is 3. The van der Waals surface area contributed by atoms with Crippen LogP contribution in [0.4, 0.5) is 5.69 Å². The predicted molar refractivity (Wildman–Crippen MR) is 79.8 cm³/mol. The Balaban J connectivity index is 2.05. The van der Waals surface area contributed by atoms with Crippen molar-refractivity contribution in [1.29, 1.82) is 0 Å². The summed E-state index contributed by atoms with van der Waals surface area (Å²) in [6.45, 7) is 8.01. The minimum Gasteiger partial charge on any atom is -0.326 e. The van der Waals surface area contributed by atoms with Crippen LogP contribution in [0.3, 0.4) is 0 Å². The normalized spacial score (nSPS) is 10.5. The molecule has 19 heavy (non-hydrogen) atoms. The van der Waals surface area contributed by atoms with Crippen molar-refractivity contribution in [3.05, 3.63) is 44.9 Å². The highest BCUT2D eigenvalue weighted by molar-refractivity contribution is 7.11. The minimum absolute atomic E-state index is 0.00926. The lowest BCUT2D eigenvalue weighted by atomic mass is 10.1. The van der Waals surface area contributed by atoms with Crippen molar-refractivity contribution in [1.82, 2.24) is 4.98 Å². The summed E-state index contributed by atoms with van der Waals surface area (Å²) in [5.74, 6) is 0.00926. The molecule has 0 saturated carbocycles. The number of carbonyl (C=O) groups excluding carboxylic acids is 1. The molecule has 0 bridgehead atoms. The highest BCUT2D eigenvalue weighted by Crippen LogP contribution is 2.19. The van der Waals surface area contributed by atoms with E-state index in [1.165, 1.54) is 11.1 Å². The van der Waals surface area contributed by atoms with Crippen LogP contribution in [0.15, 0.2) is 18.2 Å². The van der Waals surface area contributed by atoms with E-state index in [0.717, 1.165) is 21.3 Å². The summed E-state index contributed by atoms with van der Waals surface area (Å²) in [6, 6.07) is 5.95. The maximum atomic E-state index is 12.0. The lowest BCUT2D eigenvalue weighted by Crippen LogP contribution is -2.14. The van der Waals surface area contributed by atoms with Gasteiger partial charge in [-0.3, -0.25) is 4.79 Å². The summed E-state index contributed by atoms with van der Waals surface area (Å²) in [4.78, 5) is 17.4. The van der Waals surface area contributed by atoms with Crippen LogP contribution in [-0.4, -0.2) is 10.9 Å². The van der Waals surface area contributed by atoms with E-state index in [1.807, 2.05) is 39.0 Å². The van der Waals surface area contributed by atoms with Gasteiger partial charge in [-0.1, -0.05) is 6.07 Å². The van der Waals surface area contributed by atoms with Crippen LogP contribution in [-0.2, 0) is 11.2 Å². The van der Waals surface area contributed by atoms with Gasteiger partial charge < -0.3 is 5.32 Å². The lowest BCUT2D eigenvalue weighted by molar-refractivity contribution is -0.115. The Bertz CT molecular complexity index is 617. The van der Waals surface area contributed by atoms with E-state index < -0.39 is 0 Å². The zero-order valence-electron chi connectivity index (χ0n) is 11.7. The average molecular weight is 274 g/mol. The van der Waals surface area contributed by atoms with Gasteiger partial charge in [0, 0.05) is 10.6 Å². The van der Waals surface area contributed by atoms with Crippen molar-refractivity contribution < 1.29 is 4.79 Å². The standard InChI is InChI=1S/C15H18N2OS/c1-9-5-6-13(7-10(9)2)17-15(18)8-14-11(3)16-12(4)19-14/h5-7H,8H2,1-4H3,(H,17,18). The SMILES string of the molecule is Cc1nc(C)c(CC(=O)Nc2ccc(C)c(C)c2)s1. The fourth-order valence-corrected chi connectivity index (χ4v) is 2.84. The van der Waals surface area contributed by atoms with E-state index in [4.69, 9.17) is 0 Å². The topological polar surface area (TPSA) is 42.0 Å². The van der Waals surface area contributed by atoms with Crippen LogP contribution in [0.25, 0.3) is 0 Å². The minimum atomic E-state index is 0.00926. The first kappa shape index (κ1) is 13.7. The molecule has 100 valence electrons. The fraction of sp³-hybridized carbons (Fsp3) is 0.333. The van der Waals surface area contributed by atoms with Crippen LogP contribution < -0.4 is 5.32 Å². The van der Waals surface area contributed by atoms with Crippen LogP contribution in [0.5, 0.6) is 0 Å². The number of thiazole rings is 1. The summed E-state index contributed by atoms with van der Waals surface area (Å²) in [5, 5.41) is 3.94. The second-order valence-electron chi connectivity index (χ2n) is 4.77. The largest absolute Gasteiger partial charge is 0.326 e. The van der Waals surface area contributed by atoms with Gasteiger partial charge in [0.15, 0.2) is 0 Å². The van der Waals surface area contributed by atoms with Gasteiger partial charge in [-0.25, -0.2) is 4.98 Å². The zero-order valence-corrected chi connectivity index (χ0v) is 12.5. The highest BCUT2D eigenvalue weighted by atomic mass is 32.1. The fourth-order valence-electron chi connectivity index (χ4n) is 1.91. The van der Waals surface area contributed by atoms with Gasteiger partial charge in [-0.2, -0.15) is 0 Å². The third kappa shape index (κ3) is 3.41. The maximum absolute atomic E-state index is 12.0. The van der Waals surface area contributed by atoms with Crippen molar-refractivity contribution in [2.24, 2.45) is 0 Å². The quantitative estimate of drug-likeness (QED) is 0.930. The zero-order chi connectivity index (χ0) is 14.0. The van der Waals surface area contributed by atoms with Gasteiger partial charge in [0.05, 0.1) is 17.1 Å². The highest BCUT2D eigenvalue weighted by Gasteiger charge is 2.10.